The van der Waals surface area contributed by atoms with Gasteiger partial charge in [0.2, 0.25) is 0 Å². The minimum absolute atomic E-state index is 0.567. The molecule has 18 heavy (non-hydrogen) atoms. The predicted molar refractivity (Wildman–Crippen MR) is 74.9 cm³/mol. The number of aryl methyl sites for hydroxylation is 1. The van der Waals surface area contributed by atoms with Crippen LogP contribution in [0.3, 0.4) is 0 Å². The summed E-state index contributed by atoms with van der Waals surface area (Å²) in [7, 11) is 5.80. The zero-order valence-electron chi connectivity index (χ0n) is 11.8. The summed E-state index contributed by atoms with van der Waals surface area (Å²) in [5.41, 5.74) is 2.33. The Hall–Kier alpha value is -1.10. The third-order valence-electron chi connectivity index (χ3n) is 2.61. The fourth-order valence-corrected chi connectivity index (χ4v) is 1.50. The molecule has 0 amide bonds. The Kier molecular flexibility index (Phi) is 6.72. The Morgan fingerprint density at radius 3 is 2.22 bits per heavy atom. The number of hydrogen-bond donors (Lipinski definition) is 0. The van der Waals surface area contributed by atoms with Gasteiger partial charge in [0.15, 0.2) is 0 Å². The van der Waals surface area contributed by atoms with Crippen molar-refractivity contribution >= 4 is 5.69 Å². The molecule has 0 spiro atoms. The van der Waals surface area contributed by atoms with Crippen LogP contribution in [0.15, 0.2) is 24.3 Å². The van der Waals surface area contributed by atoms with Gasteiger partial charge in [0.1, 0.15) is 0 Å². The number of hydrogen-bond acceptors (Lipinski definition) is 4. The van der Waals surface area contributed by atoms with E-state index in [9.17, 15) is 0 Å². The molecule has 0 saturated heterocycles. The van der Waals surface area contributed by atoms with Gasteiger partial charge in [0, 0.05) is 13.7 Å². The van der Waals surface area contributed by atoms with Crippen molar-refractivity contribution in [2.24, 2.45) is 0 Å². The molecule has 0 fully saturated rings. The lowest BCUT2D eigenvalue weighted by molar-refractivity contribution is 0.0529. The highest BCUT2D eigenvalue weighted by Gasteiger charge is 2.07. The van der Waals surface area contributed by atoms with Crippen LogP contribution in [0.4, 0.5) is 5.69 Å². The summed E-state index contributed by atoms with van der Waals surface area (Å²) in [6.45, 7) is 5.03. The molecule has 0 saturated carbocycles. The second-order valence-electron chi connectivity index (χ2n) is 4.57. The van der Waals surface area contributed by atoms with Gasteiger partial charge in [-0.3, -0.25) is 9.90 Å². The fourth-order valence-electron chi connectivity index (χ4n) is 1.50. The fraction of sp³-hybridized carbons (Fsp3) is 0.571. The molecule has 0 N–H and O–H groups in total. The molecule has 0 unspecified atom stereocenters. The zero-order valence-corrected chi connectivity index (χ0v) is 11.8. The Morgan fingerprint density at radius 1 is 1.00 bits per heavy atom. The lowest BCUT2D eigenvalue weighted by atomic mass is 10.2. The molecule has 0 aliphatic carbocycles. The first-order chi connectivity index (χ1) is 8.63. The number of benzene rings is 1. The van der Waals surface area contributed by atoms with Crippen LogP contribution in [0.1, 0.15) is 5.56 Å². The van der Waals surface area contributed by atoms with Crippen molar-refractivity contribution in [2.75, 3.05) is 52.6 Å². The summed E-state index contributed by atoms with van der Waals surface area (Å²) in [5.74, 6) is 0. The second kappa shape index (κ2) is 8.08. The Balaban J connectivity index is 2.60. The van der Waals surface area contributed by atoms with Gasteiger partial charge in [-0.05, 0) is 33.2 Å². The van der Waals surface area contributed by atoms with E-state index in [0.717, 1.165) is 18.8 Å². The van der Waals surface area contributed by atoms with Crippen molar-refractivity contribution in [3.05, 3.63) is 29.8 Å². The second-order valence-corrected chi connectivity index (χ2v) is 4.57. The third kappa shape index (κ3) is 5.49. The van der Waals surface area contributed by atoms with Crippen LogP contribution in [0.2, 0.25) is 0 Å². The quantitative estimate of drug-likeness (QED) is 0.521. The van der Waals surface area contributed by atoms with Crippen molar-refractivity contribution in [3.63, 3.8) is 0 Å². The standard InChI is InChI=1S/C14H24N2O2/c1-13-5-7-14(8-6-13)16(10-9-15(2)3)18-12-11-17-4/h5-8H,9-12H2,1-4H3. The van der Waals surface area contributed by atoms with E-state index < -0.39 is 0 Å². The molecule has 1 aromatic rings. The van der Waals surface area contributed by atoms with Gasteiger partial charge < -0.3 is 9.64 Å². The van der Waals surface area contributed by atoms with Crippen LogP contribution in [-0.2, 0) is 9.57 Å². The number of hydroxylamine groups is 1. The maximum absolute atomic E-state index is 5.74. The van der Waals surface area contributed by atoms with E-state index in [1.807, 2.05) is 5.06 Å². The molecular weight excluding hydrogens is 228 g/mol. The van der Waals surface area contributed by atoms with E-state index >= 15 is 0 Å². The van der Waals surface area contributed by atoms with E-state index in [2.05, 4.69) is 50.2 Å². The van der Waals surface area contributed by atoms with Crippen LogP contribution in [0.25, 0.3) is 0 Å². The molecule has 4 heteroatoms. The van der Waals surface area contributed by atoms with Crippen LogP contribution >= 0.6 is 0 Å². The first-order valence-electron chi connectivity index (χ1n) is 6.24. The normalized spacial score (nSPS) is 10.9. The Labute approximate surface area is 110 Å². The number of likely N-dealkylation sites (N-methyl/N-ethyl adjacent to an activating group) is 1. The van der Waals surface area contributed by atoms with Crippen molar-refractivity contribution < 1.29 is 9.57 Å². The summed E-state index contributed by atoms with van der Waals surface area (Å²) in [6, 6.07) is 8.35. The largest absolute Gasteiger partial charge is 0.382 e. The van der Waals surface area contributed by atoms with Gasteiger partial charge in [0.05, 0.1) is 25.4 Å². The highest BCUT2D eigenvalue weighted by Crippen LogP contribution is 2.15. The molecule has 0 aromatic heterocycles. The number of ether oxygens (including phenoxy) is 1. The van der Waals surface area contributed by atoms with Crippen molar-refractivity contribution in [3.8, 4) is 0 Å². The van der Waals surface area contributed by atoms with Crippen molar-refractivity contribution in [2.45, 2.75) is 6.92 Å². The monoisotopic (exact) mass is 252 g/mol. The summed E-state index contributed by atoms with van der Waals surface area (Å²) in [4.78, 5) is 7.88. The van der Waals surface area contributed by atoms with Crippen LogP contribution in [0, 0.1) is 6.92 Å². The summed E-state index contributed by atoms with van der Waals surface area (Å²) in [6.07, 6.45) is 0. The van der Waals surface area contributed by atoms with Crippen molar-refractivity contribution in [1.82, 2.24) is 4.90 Å². The molecule has 0 radical (unpaired) electrons. The molecule has 0 heterocycles. The highest BCUT2D eigenvalue weighted by atomic mass is 16.7. The summed E-state index contributed by atoms with van der Waals surface area (Å²) >= 11 is 0. The molecule has 0 bridgehead atoms. The smallest absolute Gasteiger partial charge is 0.0982 e. The van der Waals surface area contributed by atoms with E-state index in [-0.39, 0.29) is 0 Å². The van der Waals surface area contributed by atoms with E-state index in [0.29, 0.717) is 13.2 Å². The number of rotatable bonds is 8. The van der Waals surface area contributed by atoms with Gasteiger partial charge >= 0.3 is 0 Å². The molecule has 102 valence electrons. The summed E-state index contributed by atoms with van der Waals surface area (Å²) in [5, 5.41) is 1.93. The van der Waals surface area contributed by atoms with Crippen molar-refractivity contribution in [1.29, 1.82) is 0 Å². The third-order valence-corrected chi connectivity index (χ3v) is 2.61. The van der Waals surface area contributed by atoms with Gasteiger partial charge in [-0.2, -0.15) is 0 Å². The SMILES string of the molecule is COCCON(CCN(C)C)c1ccc(C)cc1. The van der Waals surface area contributed by atoms with Gasteiger partial charge in [-0.1, -0.05) is 17.7 Å². The number of anilines is 1. The van der Waals surface area contributed by atoms with E-state index in [4.69, 9.17) is 9.57 Å². The average Bonchev–Trinajstić information content (AvgIpc) is 2.34. The lowest BCUT2D eigenvalue weighted by Gasteiger charge is -2.25. The molecular formula is C14H24N2O2. The summed E-state index contributed by atoms with van der Waals surface area (Å²) < 4.78 is 5.01. The first kappa shape index (κ1) is 15.0. The predicted octanol–water partition coefficient (Wildman–Crippen LogP) is 1.94. The molecule has 4 nitrogen and oxygen atoms in total. The number of nitrogens with zero attached hydrogens (tertiary/aromatic N) is 2. The molecule has 0 atom stereocenters. The Morgan fingerprint density at radius 2 is 1.67 bits per heavy atom. The zero-order chi connectivity index (χ0) is 13.4. The van der Waals surface area contributed by atoms with E-state index in [1.165, 1.54) is 5.56 Å². The van der Waals surface area contributed by atoms with Gasteiger partial charge in [-0.15, -0.1) is 0 Å². The molecule has 0 aliphatic rings. The lowest BCUT2D eigenvalue weighted by Crippen LogP contribution is -2.32. The number of methoxy groups -OCH3 is 1. The van der Waals surface area contributed by atoms with Gasteiger partial charge in [-0.25, -0.2) is 0 Å². The molecule has 1 aromatic carbocycles. The minimum Gasteiger partial charge on any atom is -0.382 e. The first-order valence-corrected chi connectivity index (χ1v) is 6.24. The van der Waals surface area contributed by atoms with Gasteiger partial charge in [0.25, 0.3) is 0 Å². The van der Waals surface area contributed by atoms with Crippen LogP contribution in [-0.4, -0.2) is 52.4 Å². The van der Waals surface area contributed by atoms with Crippen LogP contribution in [0.5, 0.6) is 0 Å². The van der Waals surface area contributed by atoms with Crippen LogP contribution < -0.4 is 5.06 Å². The maximum Gasteiger partial charge on any atom is 0.0982 e. The Bertz CT molecular complexity index is 325. The average molecular weight is 252 g/mol. The van der Waals surface area contributed by atoms with E-state index in [1.54, 1.807) is 7.11 Å². The molecule has 0 aliphatic heterocycles. The molecule has 1 rings (SSSR count). The highest BCUT2D eigenvalue weighted by molar-refractivity contribution is 5.45. The topological polar surface area (TPSA) is 24.9 Å². The maximum atomic E-state index is 5.74. The minimum atomic E-state index is 0.567.